The van der Waals surface area contributed by atoms with E-state index in [1.807, 2.05) is 75.4 Å². The van der Waals surface area contributed by atoms with Gasteiger partial charge < -0.3 is 4.90 Å². The fourth-order valence-corrected chi connectivity index (χ4v) is 3.08. The van der Waals surface area contributed by atoms with Crippen LogP contribution in [0.2, 0.25) is 0 Å². The van der Waals surface area contributed by atoms with Crippen LogP contribution in [0.5, 0.6) is 0 Å². The van der Waals surface area contributed by atoms with Gasteiger partial charge in [0.25, 0.3) is 5.91 Å². The fourth-order valence-electron chi connectivity index (χ4n) is 3.08. The van der Waals surface area contributed by atoms with Crippen LogP contribution in [0.3, 0.4) is 0 Å². The summed E-state index contributed by atoms with van der Waals surface area (Å²) < 4.78 is 3.69. The molecule has 0 aliphatic heterocycles. The maximum absolute atomic E-state index is 12.6. The molecule has 3 rings (SSSR count). The van der Waals surface area contributed by atoms with Crippen molar-refractivity contribution in [3.63, 3.8) is 0 Å². The molecule has 0 unspecified atom stereocenters. The molecule has 0 saturated heterocycles. The van der Waals surface area contributed by atoms with E-state index in [4.69, 9.17) is 0 Å². The van der Waals surface area contributed by atoms with E-state index < -0.39 is 0 Å². The Morgan fingerprint density at radius 3 is 2.50 bits per heavy atom. The predicted molar refractivity (Wildman–Crippen MR) is 102 cm³/mol. The van der Waals surface area contributed by atoms with Crippen LogP contribution in [0, 0.1) is 13.8 Å². The number of carbonyl (C=O) groups is 1. The van der Waals surface area contributed by atoms with Gasteiger partial charge in [-0.3, -0.25) is 9.48 Å². The molecule has 26 heavy (non-hydrogen) atoms. The van der Waals surface area contributed by atoms with Gasteiger partial charge in [0.05, 0.1) is 17.6 Å². The molecule has 0 fully saturated rings. The summed E-state index contributed by atoms with van der Waals surface area (Å²) in [6, 6.07) is 9.65. The molecule has 0 saturated carbocycles. The number of hydrogen-bond donors (Lipinski definition) is 0. The minimum Gasteiger partial charge on any atom is -0.342 e. The van der Waals surface area contributed by atoms with E-state index in [0.29, 0.717) is 12.1 Å². The average Bonchev–Trinajstić information content (AvgIpc) is 3.19. The molecular formula is C20H25N5O. The predicted octanol–water partition coefficient (Wildman–Crippen LogP) is 2.93. The van der Waals surface area contributed by atoms with Gasteiger partial charge in [-0.2, -0.15) is 10.2 Å². The third kappa shape index (κ3) is 4.02. The highest BCUT2D eigenvalue weighted by molar-refractivity contribution is 5.94. The number of rotatable bonds is 6. The van der Waals surface area contributed by atoms with Gasteiger partial charge in [0.2, 0.25) is 0 Å². The van der Waals surface area contributed by atoms with E-state index >= 15 is 0 Å². The van der Waals surface area contributed by atoms with Crippen LogP contribution in [0.1, 0.15) is 33.7 Å². The van der Waals surface area contributed by atoms with Crippen molar-refractivity contribution < 1.29 is 4.79 Å². The molecule has 2 aromatic heterocycles. The van der Waals surface area contributed by atoms with Gasteiger partial charge >= 0.3 is 0 Å². The van der Waals surface area contributed by atoms with Crippen molar-refractivity contribution in [2.45, 2.75) is 26.7 Å². The van der Waals surface area contributed by atoms with Crippen LogP contribution in [0.15, 0.2) is 42.7 Å². The molecule has 0 radical (unpaired) electrons. The molecule has 136 valence electrons. The van der Waals surface area contributed by atoms with Gasteiger partial charge in [0, 0.05) is 38.1 Å². The number of hydrogen-bond acceptors (Lipinski definition) is 3. The smallest absolute Gasteiger partial charge is 0.253 e. The first-order chi connectivity index (χ1) is 12.4. The highest BCUT2D eigenvalue weighted by Crippen LogP contribution is 2.14. The first kappa shape index (κ1) is 17.9. The average molecular weight is 351 g/mol. The van der Waals surface area contributed by atoms with Gasteiger partial charge in [-0.15, -0.1) is 0 Å². The van der Waals surface area contributed by atoms with Crippen LogP contribution in [-0.4, -0.2) is 44.0 Å². The van der Waals surface area contributed by atoms with Gasteiger partial charge in [-0.25, -0.2) is 4.68 Å². The first-order valence-corrected chi connectivity index (χ1v) is 8.81. The second-order valence-corrected chi connectivity index (χ2v) is 6.74. The Labute approximate surface area is 154 Å². The zero-order valence-corrected chi connectivity index (χ0v) is 15.8. The van der Waals surface area contributed by atoms with Crippen molar-refractivity contribution in [3.8, 4) is 5.69 Å². The molecule has 3 aromatic rings. The lowest BCUT2D eigenvalue weighted by molar-refractivity contribution is 0.0793. The minimum atomic E-state index is 0.0381. The van der Waals surface area contributed by atoms with Crippen LogP contribution in [-0.2, 0) is 13.5 Å². The molecule has 1 aromatic carbocycles. The Kier molecular flexibility index (Phi) is 5.21. The van der Waals surface area contributed by atoms with Crippen LogP contribution in [0.4, 0.5) is 0 Å². The Balaban J connectivity index is 1.59. The number of amides is 1. The number of benzene rings is 1. The molecule has 2 heterocycles. The third-order valence-electron chi connectivity index (χ3n) is 4.43. The number of carbonyl (C=O) groups excluding carboxylic acids is 1. The number of aromatic nitrogens is 4. The molecule has 0 aliphatic carbocycles. The SMILES string of the molecule is Cc1cc(C)n(-c2ccc(C(=O)N(C)CCCc3cnn(C)c3)cc2)n1. The lowest BCUT2D eigenvalue weighted by Gasteiger charge is -2.17. The van der Waals surface area contributed by atoms with E-state index in [0.717, 1.165) is 29.9 Å². The molecular weight excluding hydrogens is 326 g/mol. The summed E-state index contributed by atoms with van der Waals surface area (Å²) in [5.41, 5.74) is 4.92. The van der Waals surface area contributed by atoms with Crippen LogP contribution >= 0.6 is 0 Å². The number of nitrogens with zero attached hydrogens (tertiary/aromatic N) is 5. The van der Waals surface area contributed by atoms with Crippen molar-refractivity contribution in [1.29, 1.82) is 0 Å². The molecule has 0 aliphatic rings. The van der Waals surface area contributed by atoms with Crippen molar-refractivity contribution in [1.82, 2.24) is 24.5 Å². The summed E-state index contributed by atoms with van der Waals surface area (Å²) >= 11 is 0. The van der Waals surface area contributed by atoms with Crippen molar-refractivity contribution in [3.05, 3.63) is 65.2 Å². The van der Waals surface area contributed by atoms with Gasteiger partial charge in [0.1, 0.15) is 0 Å². The Bertz CT molecular complexity index is 891. The van der Waals surface area contributed by atoms with Gasteiger partial charge in [-0.1, -0.05) is 0 Å². The normalized spacial score (nSPS) is 10.9. The molecule has 6 heteroatoms. The van der Waals surface area contributed by atoms with Crippen LogP contribution < -0.4 is 0 Å². The first-order valence-electron chi connectivity index (χ1n) is 8.81. The molecule has 6 nitrogen and oxygen atoms in total. The maximum atomic E-state index is 12.6. The van der Waals surface area contributed by atoms with Crippen molar-refractivity contribution >= 4 is 5.91 Å². The van der Waals surface area contributed by atoms with Crippen LogP contribution in [0.25, 0.3) is 5.69 Å². The van der Waals surface area contributed by atoms with E-state index in [9.17, 15) is 4.79 Å². The standard InChI is InChI=1S/C20H25N5O/c1-15-12-16(2)25(22-15)19-9-7-18(8-10-19)20(26)23(3)11-5-6-17-13-21-24(4)14-17/h7-10,12-14H,5-6,11H2,1-4H3. The molecule has 0 atom stereocenters. The van der Waals surface area contributed by atoms with E-state index in [1.54, 1.807) is 9.58 Å². The second-order valence-electron chi connectivity index (χ2n) is 6.74. The fraction of sp³-hybridized carbons (Fsp3) is 0.350. The quantitative estimate of drug-likeness (QED) is 0.686. The molecule has 1 amide bonds. The van der Waals surface area contributed by atoms with E-state index in [2.05, 4.69) is 10.2 Å². The zero-order valence-electron chi connectivity index (χ0n) is 15.8. The Morgan fingerprint density at radius 2 is 1.92 bits per heavy atom. The third-order valence-corrected chi connectivity index (χ3v) is 4.43. The summed E-state index contributed by atoms with van der Waals surface area (Å²) in [4.78, 5) is 14.4. The summed E-state index contributed by atoms with van der Waals surface area (Å²) in [7, 11) is 3.76. The highest BCUT2D eigenvalue weighted by atomic mass is 16.2. The summed E-state index contributed by atoms with van der Waals surface area (Å²) in [5, 5.41) is 8.64. The van der Waals surface area contributed by atoms with Gasteiger partial charge in [0.15, 0.2) is 0 Å². The lowest BCUT2D eigenvalue weighted by atomic mass is 10.1. The highest BCUT2D eigenvalue weighted by Gasteiger charge is 2.12. The Morgan fingerprint density at radius 1 is 1.19 bits per heavy atom. The summed E-state index contributed by atoms with van der Waals surface area (Å²) in [5.74, 6) is 0.0381. The second kappa shape index (κ2) is 7.56. The monoisotopic (exact) mass is 351 g/mol. The van der Waals surface area contributed by atoms with Crippen molar-refractivity contribution in [2.24, 2.45) is 7.05 Å². The summed E-state index contributed by atoms with van der Waals surface area (Å²) in [6.07, 6.45) is 5.72. The minimum absolute atomic E-state index is 0.0381. The van der Waals surface area contributed by atoms with E-state index in [1.165, 1.54) is 5.56 Å². The van der Waals surface area contributed by atoms with Gasteiger partial charge in [-0.05, 0) is 62.6 Å². The molecule has 0 bridgehead atoms. The Hall–Kier alpha value is -2.89. The number of aryl methyl sites for hydroxylation is 4. The topological polar surface area (TPSA) is 56.0 Å². The molecule has 0 spiro atoms. The molecule has 0 N–H and O–H groups in total. The van der Waals surface area contributed by atoms with E-state index in [-0.39, 0.29) is 5.91 Å². The maximum Gasteiger partial charge on any atom is 0.253 e. The summed E-state index contributed by atoms with van der Waals surface area (Å²) in [6.45, 7) is 4.71. The lowest BCUT2D eigenvalue weighted by Crippen LogP contribution is -2.28. The zero-order chi connectivity index (χ0) is 18.7. The van der Waals surface area contributed by atoms with Crippen molar-refractivity contribution in [2.75, 3.05) is 13.6 Å². The largest absolute Gasteiger partial charge is 0.342 e.